The molecule has 2 fully saturated rings. The number of hydrogen-bond donors (Lipinski definition) is 1. The van der Waals surface area contributed by atoms with Crippen molar-refractivity contribution in [1.29, 1.82) is 0 Å². The molecule has 1 N–H and O–H groups in total. The molecule has 178 valence electrons. The van der Waals surface area contributed by atoms with Crippen LogP contribution in [0.3, 0.4) is 0 Å². The molecule has 1 aromatic rings. The zero-order valence-corrected chi connectivity index (χ0v) is 21.8. The van der Waals surface area contributed by atoms with Crippen LogP contribution in [-0.4, -0.2) is 92.5 Å². The van der Waals surface area contributed by atoms with Crippen LogP contribution in [0.1, 0.15) is 38.8 Å². The lowest BCUT2D eigenvalue weighted by molar-refractivity contribution is 0.188. The largest absolute Gasteiger partial charge is 0.364 e. The fourth-order valence-corrected chi connectivity index (χ4v) is 5.56. The number of aliphatic imine (C=N–C) groups is 1. The van der Waals surface area contributed by atoms with Crippen molar-refractivity contribution < 1.29 is 12.9 Å². The number of piperidine rings is 1. The van der Waals surface area contributed by atoms with Gasteiger partial charge in [-0.1, -0.05) is 12.1 Å². The molecule has 3 heterocycles. The number of aromatic nitrogens is 1. The second kappa shape index (κ2) is 12.9. The predicted octanol–water partition coefficient (Wildman–Crippen LogP) is 1.83. The first-order valence-electron chi connectivity index (χ1n) is 11.1. The second-order valence-corrected chi connectivity index (χ2v) is 10.0. The van der Waals surface area contributed by atoms with E-state index < -0.39 is 10.0 Å². The Morgan fingerprint density at radius 3 is 2.48 bits per heavy atom. The van der Waals surface area contributed by atoms with Crippen molar-refractivity contribution in [3.05, 3.63) is 18.0 Å². The minimum atomic E-state index is -3.39. The van der Waals surface area contributed by atoms with Crippen LogP contribution in [0.4, 0.5) is 0 Å². The molecule has 31 heavy (non-hydrogen) atoms. The quantitative estimate of drug-likeness (QED) is 0.291. The summed E-state index contributed by atoms with van der Waals surface area (Å²) in [4.78, 5) is 9.53. The molecule has 9 nitrogen and oxygen atoms in total. The van der Waals surface area contributed by atoms with E-state index in [2.05, 4.69) is 34.1 Å². The molecule has 0 amide bonds. The third kappa shape index (κ3) is 7.86. The van der Waals surface area contributed by atoms with Gasteiger partial charge in [0.15, 0.2) is 5.96 Å². The number of sulfonamides is 1. The molecule has 0 atom stereocenters. The zero-order valence-electron chi connectivity index (χ0n) is 18.7. The van der Waals surface area contributed by atoms with Gasteiger partial charge < -0.3 is 19.6 Å². The lowest BCUT2D eigenvalue weighted by Crippen LogP contribution is -2.54. The van der Waals surface area contributed by atoms with Gasteiger partial charge in [0.25, 0.3) is 0 Å². The van der Waals surface area contributed by atoms with Gasteiger partial charge in [-0.15, -0.1) is 24.0 Å². The molecule has 0 saturated carbocycles. The summed E-state index contributed by atoms with van der Waals surface area (Å²) in [5.74, 6) is 1.55. The van der Waals surface area contributed by atoms with Crippen LogP contribution < -0.4 is 5.32 Å². The number of nitrogens with zero attached hydrogens (tertiary/aromatic N) is 5. The first-order chi connectivity index (χ1) is 14.5. The molecule has 11 heteroatoms. The number of nitrogens with one attached hydrogen (secondary N) is 1. The maximum Gasteiger partial charge on any atom is 0.220 e. The van der Waals surface area contributed by atoms with Gasteiger partial charge in [-0.05, 0) is 51.7 Å². The molecule has 2 aliphatic heterocycles. The van der Waals surface area contributed by atoms with E-state index in [1.807, 2.05) is 0 Å². The van der Waals surface area contributed by atoms with Crippen molar-refractivity contribution in [2.45, 2.75) is 38.9 Å². The Kier molecular flexibility index (Phi) is 11.0. The Bertz CT molecular complexity index is 758. The van der Waals surface area contributed by atoms with Gasteiger partial charge in [-0.3, -0.25) is 4.99 Å². The standard InChI is InChI=1S/C20H36N6O3S.HI/c1-3-21-20(22-9-5-18-6-10-24(4-2)11-7-18)25-12-14-26(15-13-25)30(27,28)17-19-8-16-29-23-19;/h8,16,18H,3-7,9-15,17H2,1-2H3,(H,21,22);1H. The number of guanidine groups is 1. The van der Waals surface area contributed by atoms with Crippen molar-refractivity contribution in [1.82, 2.24) is 24.6 Å². The molecule has 0 bridgehead atoms. The van der Waals surface area contributed by atoms with Crippen LogP contribution in [-0.2, 0) is 15.8 Å². The van der Waals surface area contributed by atoms with Crippen LogP contribution in [0, 0.1) is 5.92 Å². The zero-order chi connectivity index (χ0) is 21.4. The summed E-state index contributed by atoms with van der Waals surface area (Å²) in [5.41, 5.74) is 0.442. The molecular weight excluding hydrogens is 531 g/mol. The fourth-order valence-electron chi connectivity index (χ4n) is 4.14. The molecule has 0 radical (unpaired) electrons. The highest BCUT2D eigenvalue weighted by Crippen LogP contribution is 2.20. The highest BCUT2D eigenvalue weighted by atomic mass is 127. The normalized spacial score (nSPS) is 19.9. The van der Waals surface area contributed by atoms with E-state index in [4.69, 9.17) is 9.52 Å². The van der Waals surface area contributed by atoms with E-state index in [0.717, 1.165) is 37.9 Å². The van der Waals surface area contributed by atoms with Crippen molar-refractivity contribution in [3.63, 3.8) is 0 Å². The van der Waals surface area contributed by atoms with E-state index in [0.29, 0.717) is 31.9 Å². The first kappa shape index (κ1) is 26.3. The van der Waals surface area contributed by atoms with Crippen molar-refractivity contribution in [3.8, 4) is 0 Å². The summed E-state index contributed by atoms with van der Waals surface area (Å²) in [6.07, 6.45) is 5.05. The summed E-state index contributed by atoms with van der Waals surface area (Å²) in [6.45, 7) is 11.7. The molecule has 2 saturated heterocycles. The summed E-state index contributed by atoms with van der Waals surface area (Å²) >= 11 is 0. The van der Waals surface area contributed by atoms with Crippen LogP contribution in [0.15, 0.2) is 21.8 Å². The molecule has 1 aromatic heterocycles. The Balaban J connectivity index is 0.00000341. The van der Waals surface area contributed by atoms with Crippen molar-refractivity contribution >= 4 is 40.0 Å². The minimum absolute atomic E-state index is 0. The SMILES string of the molecule is CCNC(=NCCC1CCN(CC)CC1)N1CCN(S(=O)(=O)Cc2ccon2)CC1.I. The minimum Gasteiger partial charge on any atom is -0.364 e. The van der Waals surface area contributed by atoms with Crippen molar-refractivity contribution in [2.75, 3.05) is 58.9 Å². The van der Waals surface area contributed by atoms with E-state index in [-0.39, 0.29) is 29.7 Å². The summed E-state index contributed by atoms with van der Waals surface area (Å²) < 4.78 is 31.5. The number of halogens is 1. The Hall–Kier alpha value is -0.920. The van der Waals surface area contributed by atoms with Gasteiger partial charge in [-0.2, -0.15) is 4.31 Å². The molecule has 0 spiro atoms. The van der Waals surface area contributed by atoms with Crippen LogP contribution in [0.2, 0.25) is 0 Å². The average molecular weight is 569 g/mol. The number of likely N-dealkylation sites (tertiary alicyclic amines) is 1. The molecule has 0 aliphatic carbocycles. The highest BCUT2D eigenvalue weighted by molar-refractivity contribution is 14.0. The van der Waals surface area contributed by atoms with Crippen LogP contribution >= 0.6 is 24.0 Å². The van der Waals surface area contributed by atoms with Gasteiger partial charge >= 0.3 is 0 Å². The smallest absolute Gasteiger partial charge is 0.220 e. The van der Waals surface area contributed by atoms with Gasteiger partial charge in [0.1, 0.15) is 12.0 Å². The highest BCUT2D eigenvalue weighted by Gasteiger charge is 2.29. The molecule has 0 aromatic carbocycles. The Morgan fingerprint density at radius 2 is 1.90 bits per heavy atom. The number of rotatable bonds is 8. The lowest BCUT2D eigenvalue weighted by Gasteiger charge is -2.36. The fraction of sp³-hybridized carbons (Fsp3) is 0.800. The number of hydrogen-bond acceptors (Lipinski definition) is 6. The van der Waals surface area contributed by atoms with Gasteiger partial charge in [0.2, 0.25) is 10.0 Å². The topological polar surface area (TPSA) is 94.3 Å². The second-order valence-electron chi connectivity index (χ2n) is 8.04. The molecule has 3 rings (SSSR count). The Labute approximate surface area is 203 Å². The summed E-state index contributed by atoms with van der Waals surface area (Å²) in [7, 11) is -3.39. The lowest BCUT2D eigenvalue weighted by atomic mass is 9.94. The molecule has 0 unspecified atom stereocenters. The van der Waals surface area contributed by atoms with Gasteiger partial charge in [-0.25, -0.2) is 8.42 Å². The Morgan fingerprint density at radius 1 is 1.19 bits per heavy atom. The third-order valence-electron chi connectivity index (χ3n) is 6.04. The monoisotopic (exact) mass is 568 g/mol. The maximum absolute atomic E-state index is 12.6. The average Bonchev–Trinajstić information content (AvgIpc) is 3.26. The van der Waals surface area contributed by atoms with E-state index in [1.165, 1.54) is 32.2 Å². The third-order valence-corrected chi connectivity index (χ3v) is 7.85. The van der Waals surface area contributed by atoms with Gasteiger partial charge in [0.05, 0.1) is 5.69 Å². The van der Waals surface area contributed by atoms with Crippen LogP contribution in [0.25, 0.3) is 0 Å². The van der Waals surface area contributed by atoms with Gasteiger partial charge in [0, 0.05) is 45.3 Å². The summed E-state index contributed by atoms with van der Waals surface area (Å²) in [5, 5.41) is 7.10. The summed E-state index contributed by atoms with van der Waals surface area (Å²) in [6, 6.07) is 1.59. The van der Waals surface area contributed by atoms with Crippen LogP contribution in [0.5, 0.6) is 0 Å². The van der Waals surface area contributed by atoms with Crippen molar-refractivity contribution in [2.24, 2.45) is 10.9 Å². The first-order valence-corrected chi connectivity index (χ1v) is 12.8. The van der Waals surface area contributed by atoms with E-state index in [1.54, 1.807) is 10.4 Å². The number of piperazine rings is 1. The molecule has 2 aliphatic rings. The molecular formula is C20H37IN6O3S. The maximum atomic E-state index is 12.6. The van der Waals surface area contributed by atoms with E-state index >= 15 is 0 Å². The predicted molar refractivity (Wildman–Crippen MR) is 133 cm³/mol. The van der Waals surface area contributed by atoms with E-state index in [9.17, 15) is 8.42 Å².